The Kier molecular flexibility index (Phi) is 4.66. The molecule has 1 unspecified atom stereocenters. The van der Waals surface area contributed by atoms with Crippen LogP contribution < -0.4 is 10.2 Å². The van der Waals surface area contributed by atoms with Gasteiger partial charge in [-0.3, -0.25) is 14.5 Å². The van der Waals surface area contributed by atoms with Gasteiger partial charge in [0.25, 0.3) is 5.91 Å². The number of thioether (sulfide) groups is 1. The van der Waals surface area contributed by atoms with Gasteiger partial charge in [0.2, 0.25) is 5.91 Å². The number of nitriles is 1. The van der Waals surface area contributed by atoms with Gasteiger partial charge in [-0.25, -0.2) is 0 Å². The molecule has 0 saturated carbocycles. The maximum absolute atomic E-state index is 13.2. The molecular weight excluding hydrogens is 360 g/mol. The molecular formula is C20H20N4O2S. The summed E-state index contributed by atoms with van der Waals surface area (Å²) in [7, 11) is 0. The monoisotopic (exact) mass is 380 g/mol. The van der Waals surface area contributed by atoms with Crippen LogP contribution >= 0.6 is 11.8 Å². The molecule has 3 heterocycles. The first-order valence-electron chi connectivity index (χ1n) is 9.11. The molecule has 2 amide bonds. The third kappa shape index (κ3) is 2.90. The minimum atomic E-state index is -0.277. The Hall–Kier alpha value is -2.72. The number of aromatic nitrogens is 1. The highest BCUT2D eigenvalue weighted by Gasteiger charge is 2.40. The van der Waals surface area contributed by atoms with Crippen LogP contribution in [0.4, 0.5) is 11.4 Å². The highest BCUT2D eigenvalue weighted by molar-refractivity contribution is 8.01. The quantitative estimate of drug-likeness (QED) is 0.882. The molecule has 1 aromatic heterocycles. The number of carbonyl (C=O) groups excluding carboxylic acids is 2. The van der Waals surface area contributed by atoms with Crippen molar-refractivity contribution in [2.24, 2.45) is 0 Å². The smallest absolute Gasteiger partial charge is 0.274 e. The summed E-state index contributed by atoms with van der Waals surface area (Å²) < 4.78 is 1.93. The van der Waals surface area contributed by atoms with Gasteiger partial charge in [0.05, 0.1) is 22.4 Å². The number of nitrogens with zero attached hydrogens (tertiary/aromatic N) is 3. The maximum Gasteiger partial charge on any atom is 0.274 e. The van der Waals surface area contributed by atoms with Crippen molar-refractivity contribution in [1.29, 1.82) is 5.26 Å². The van der Waals surface area contributed by atoms with Crippen LogP contribution in [0.1, 0.15) is 41.5 Å². The summed E-state index contributed by atoms with van der Waals surface area (Å²) in [6, 6.07) is 11.5. The molecule has 2 aliphatic heterocycles. The number of fused-ring (bicyclic) bond motifs is 1. The molecule has 6 nitrogen and oxygen atoms in total. The number of anilines is 2. The number of para-hydroxylation sites is 1. The molecule has 0 bridgehead atoms. The lowest BCUT2D eigenvalue weighted by Crippen LogP contribution is -2.34. The Morgan fingerprint density at radius 2 is 2.15 bits per heavy atom. The average molecular weight is 380 g/mol. The number of hydrogen-bond acceptors (Lipinski definition) is 4. The normalized spacial score (nSPS) is 18.4. The Balaban J connectivity index is 1.84. The van der Waals surface area contributed by atoms with Crippen LogP contribution in [0.25, 0.3) is 0 Å². The van der Waals surface area contributed by atoms with Gasteiger partial charge in [0, 0.05) is 17.9 Å². The van der Waals surface area contributed by atoms with Crippen molar-refractivity contribution >= 4 is 35.0 Å². The number of amides is 2. The Morgan fingerprint density at radius 1 is 1.37 bits per heavy atom. The molecule has 1 fully saturated rings. The molecule has 138 valence electrons. The fraction of sp³-hybridized carbons (Fsp3) is 0.350. The minimum absolute atomic E-state index is 0.0404. The summed E-state index contributed by atoms with van der Waals surface area (Å²) in [5, 5.41) is 12.7. The summed E-state index contributed by atoms with van der Waals surface area (Å²) in [4.78, 5) is 27.5. The number of carbonyl (C=O) groups is 2. The van der Waals surface area contributed by atoms with Crippen molar-refractivity contribution in [3.8, 4) is 6.07 Å². The van der Waals surface area contributed by atoms with Crippen molar-refractivity contribution in [3.05, 3.63) is 47.3 Å². The second kappa shape index (κ2) is 7.12. The van der Waals surface area contributed by atoms with Gasteiger partial charge in [-0.15, -0.1) is 11.8 Å². The van der Waals surface area contributed by atoms with Crippen molar-refractivity contribution in [2.75, 3.05) is 16.0 Å². The van der Waals surface area contributed by atoms with Crippen LogP contribution in [0.15, 0.2) is 30.3 Å². The largest absolute Gasteiger partial charge is 0.337 e. The van der Waals surface area contributed by atoms with E-state index in [0.29, 0.717) is 34.9 Å². The summed E-state index contributed by atoms with van der Waals surface area (Å²) >= 11 is 1.56. The van der Waals surface area contributed by atoms with Crippen LogP contribution in [0.3, 0.4) is 0 Å². The number of hydrogen-bond donors (Lipinski definition) is 1. The zero-order valence-electron chi connectivity index (χ0n) is 15.1. The predicted octanol–water partition coefficient (Wildman–Crippen LogP) is 3.37. The molecule has 0 aliphatic carbocycles. The van der Waals surface area contributed by atoms with E-state index in [9.17, 15) is 14.9 Å². The average Bonchev–Trinajstić information content (AvgIpc) is 3.35. The second-order valence-electron chi connectivity index (χ2n) is 6.64. The van der Waals surface area contributed by atoms with E-state index in [1.165, 1.54) is 0 Å². The molecule has 1 atom stereocenters. The molecule has 1 saturated heterocycles. The van der Waals surface area contributed by atoms with Crippen LogP contribution in [0, 0.1) is 11.3 Å². The second-order valence-corrected chi connectivity index (χ2v) is 7.81. The molecule has 1 N–H and O–H groups in total. The van der Waals surface area contributed by atoms with Gasteiger partial charge in [-0.05, 0) is 31.4 Å². The van der Waals surface area contributed by atoms with Crippen molar-refractivity contribution in [2.45, 2.75) is 38.1 Å². The first-order valence-corrected chi connectivity index (χ1v) is 10.2. The Morgan fingerprint density at radius 3 is 2.85 bits per heavy atom. The van der Waals surface area contributed by atoms with Crippen LogP contribution in [0.5, 0.6) is 0 Å². The molecule has 27 heavy (non-hydrogen) atoms. The van der Waals surface area contributed by atoms with Gasteiger partial charge in [-0.1, -0.05) is 25.1 Å². The van der Waals surface area contributed by atoms with E-state index in [0.717, 1.165) is 25.0 Å². The summed E-state index contributed by atoms with van der Waals surface area (Å²) in [6.07, 6.45) is 2.41. The Labute approximate surface area is 162 Å². The third-order valence-electron chi connectivity index (χ3n) is 5.05. The van der Waals surface area contributed by atoms with Crippen molar-refractivity contribution in [3.63, 3.8) is 0 Å². The molecule has 2 aliphatic rings. The predicted molar refractivity (Wildman–Crippen MR) is 106 cm³/mol. The minimum Gasteiger partial charge on any atom is -0.337 e. The standard InChI is InChI=1S/C20H20N4O2S/c1-2-17-24(16(25)12-27-17)18-14(11-21)15-9-6-10-23(15)19(18)20(26)22-13-7-4-3-5-8-13/h3-5,7-8,17H,2,6,9-10,12H2,1H3,(H,22,26). The fourth-order valence-electron chi connectivity index (χ4n) is 3.90. The van der Waals surface area contributed by atoms with Crippen LogP contribution in [0.2, 0.25) is 0 Å². The fourth-order valence-corrected chi connectivity index (χ4v) is 4.98. The molecule has 1 aromatic carbocycles. The van der Waals surface area contributed by atoms with Gasteiger partial charge in [0.15, 0.2) is 0 Å². The van der Waals surface area contributed by atoms with Gasteiger partial charge in [0.1, 0.15) is 11.8 Å². The van der Waals surface area contributed by atoms with E-state index < -0.39 is 0 Å². The number of benzene rings is 1. The van der Waals surface area contributed by atoms with E-state index in [-0.39, 0.29) is 17.2 Å². The lowest BCUT2D eigenvalue weighted by Gasteiger charge is -2.24. The van der Waals surface area contributed by atoms with E-state index in [1.54, 1.807) is 16.7 Å². The highest BCUT2D eigenvalue weighted by atomic mass is 32.2. The zero-order valence-corrected chi connectivity index (χ0v) is 15.9. The summed E-state index contributed by atoms with van der Waals surface area (Å²) in [5.74, 6) is 0.0608. The SMILES string of the molecule is CCC1SCC(=O)N1c1c(C#N)c2n(c1C(=O)Nc1ccccc1)CCC2. The van der Waals surface area contributed by atoms with Crippen molar-refractivity contribution in [1.82, 2.24) is 4.57 Å². The highest BCUT2D eigenvalue weighted by Crippen LogP contribution is 2.41. The molecule has 0 spiro atoms. The molecule has 2 aromatic rings. The van der Waals surface area contributed by atoms with Crippen LogP contribution in [-0.4, -0.2) is 27.5 Å². The third-order valence-corrected chi connectivity index (χ3v) is 6.39. The van der Waals surface area contributed by atoms with E-state index >= 15 is 0 Å². The first kappa shape index (κ1) is 17.7. The van der Waals surface area contributed by atoms with E-state index in [1.807, 2.05) is 41.8 Å². The van der Waals surface area contributed by atoms with Crippen LogP contribution in [-0.2, 0) is 17.8 Å². The van der Waals surface area contributed by atoms with Gasteiger partial charge >= 0.3 is 0 Å². The molecule has 4 rings (SSSR count). The summed E-state index contributed by atoms with van der Waals surface area (Å²) in [5.41, 5.74) is 2.94. The van der Waals surface area contributed by atoms with E-state index in [4.69, 9.17) is 0 Å². The molecule has 0 radical (unpaired) electrons. The van der Waals surface area contributed by atoms with Gasteiger partial charge in [-0.2, -0.15) is 5.26 Å². The topological polar surface area (TPSA) is 78.1 Å². The molecule has 7 heteroatoms. The lowest BCUT2D eigenvalue weighted by molar-refractivity contribution is -0.115. The van der Waals surface area contributed by atoms with Gasteiger partial charge < -0.3 is 9.88 Å². The first-order chi connectivity index (χ1) is 13.2. The number of rotatable bonds is 4. The Bertz CT molecular complexity index is 945. The zero-order chi connectivity index (χ0) is 19.0. The van der Waals surface area contributed by atoms with E-state index in [2.05, 4.69) is 11.4 Å². The number of nitrogens with one attached hydrogen (secondary N) is 1. The summed E-state index contributed by atoms with van der Waals surface area (Å²) in [6.45, 7) is 2.70. The lowest BCUT2D eigenvalue weighted by atomic mass is 10.1. The maximum atomic E-state index is 13.2. The van der Waals surface area contributed by atoms with Crippen molar-refractivity contribution < 1.29 is 9.59 Å².